The van der Waals surface area contributed by atoms with Gasteiger partial charge in [-0.05, 0) is 43.0 Å². The molecule has 0 saturated carbocycles. The second-order valence-corrected chi connectivity index (χ2v) is 17.4. The van der Waals surface area contributed by atoms with Crippen molar-refractivity contribution in [3.63, 3.8) is 0 Å². The van der Waals surface area contributed by atoms with Gasteiger partial charge in [-0.15, -0.1) is 6.58 Å². The summed E-state index contributed by atoms with van der Waals surface area (Å²) >= 11 is 0. The summed E-state index contributed by atoms with van der Waals surface area (Å²) in [5.74, 6) is -2.24. The van der Waals surface area contributed by atoms with Gasteiger partial charge in [-0.2, -0.15) is 0 Å². The summed E-state index contributed by atoms with van der Waals surface area (Å²) < 4.78 is 30.6. The van der Waals surface area contributed by atoms with Crippen LogP contribution in [0.1, 0.15) is 92.9 Å². The largest absolute Gasteiger partial charge is 0.466 e. The van der Waals surface area contributed by atoms with E-state index in [-0.39, 0.29) is 17.1 Å². The Morgan fingerprint density at radius 3 is 2.26 bits per heavy atom. The highest BCUT2D eigenvalue weighted by Crippen LogP contribution is 2.49. The lowest BCUT2D eigenvalue weighted by molar-refractivity contribution is -0.348. The Labute approximate surface area is 232 Å². The van der Waals surface area contributed by atoms with E-state index in [2.05, 4.69) is 47.4 Å². The number of esters is 2. The molecule has 0 unspecified atom stereocenters. The number of unbranched alkanes of at least 4 members (excludes halogenated alkanes) is 4. The normalized spacial score (nSPS) is 23.8. The monoisotopic (exact) mass is 554 g/mol. The highest BCUT2D eigenvalue weighted by Gasteiger charge is 2.60. The van der Waals surface area contributed by atoms with Crippen molar-refractivity contribution in [1.82, 2.24) is 0 Å². The molecule has 1 aliphatic heterocycles. The van der Waals surface area contributed by atoms with Crippen LogP contribution in [0.5, 0.6) is 0 Å². The van der Waals surface area contributed by atoms with Crippen molar-refractivity contribution < 1.29 is 33.0 Å². The van der Waals surface area contributed by atoms with Gasteiger partial charge in [-0.1, -0.05) is 73.3 Å². The van der Waals surface area contributed by atoms with E-state index < -0.39 is 31.6 Å². The van der Waals surface area contributed by atoms with E-state index in [0.717, 1.165) is 32.1 Å². The second kappa shape index (κ2) is 14.8. The number of carbonyl (C=O) groups excluding carboxylic acids is 2. The average Bonchev–Trinajstić information content (AvgIpc) is 2.83. The van der Waals surface area contributed by atoms with Crippen LogP contribution in [0.4, 0.5) is 0 Å². The van der Waals surface area contributed by atoms with Crippen molar-refractivity contribution >= 4 is 20.3 Å². The Bertz CT molecular complexity index is 812. The molecule has 3 atom stereocenters. The SMILES string of the molecule is C=CC[C@@H]1C/C(=C\C(=O)OC)[C@H](OC(=O)CCCCCCC)[C@](OC)(C(C)(C)CO[Si](C)(C)C(C)(C)C)O1. The average molecular weight is 555 g/mol. The van der Waals surface area contributed by atoms with Crippen LogP contribution < -0.4 is 0 Å². The summed E-state index contributed by atoms with van der Waals surface area (Å²) in [6.07, 6.45) is 8.26. The van der Waals surface area contributed by atoms with Crippen LogP contribution in [0.25, 0.3) is 0 Å². The molecule has 0 N–H and O–H groups in total. The molecule has 0 amide bonds. The summed E-state index contributed by atoms with van der Waals surface area (Å²) in [7, 11) is 0.781. The predicted octanol–water partition coefficient (Wildman–Crippen LogP) is 7.11. The first-order valence-electron chi connectivity index (χ1n) is 14.1. The van der Waals surface area contributed by atoms with E-state index in [9.17, 15) is 9.59 Å². The molecular formula is C30H54O7Si. The van der Waals surface area contributed by atoms with Gasteiger partial charge < -0.3 is 23.4 Å². The van der Waals surface area contributed by atoms with Crippen LogP contribution in [0.2, 0.25) is 18.1 Å². The fourth-order valence-electron chi connectivity index (χ4n) is 4.47. The zero-order chi connectivity index (χ0) is 29.2. The zero-order valence-electron chi connectivity index (χ0n) is 25.7. The summed E-state index contributed by atoms with van der Waals surface area (Å²) in [5.41, 5.74) is -0.144. The first kappa shape index (κ1) is 34.5. The topological polar surface area (TPSA) is 80.3 Å². The fourth-order valence-corrected chi connectivity index (χ4v) is 5.62. The molecule has 38 heavy (non-hydrogen) atoms. The number of methoxy groups -OCH3 is 2. The number of hydrogen-bond acceptors (Lipinski definition) is 7. The van der Waals surface area contributed by atoms with Gasteiger partial charge in [0.2, 0.25) is 5.79 Å². The molecule has 1 aliphatic rings. The predicted molar refractivity (Wildman–Crippen MR) is 154 cm³/mol. The lowest BCUT2D eigenvalue weighted by Gasteiger charge is -2.54. The Morgan fingerprint density at radius 2 is 1.74 bits per heavy atom. The van der Waals surface area contributed by atoms with Crippen molar-refractivity contribution in [3.05, 3.63) is 24.3 Å². The highest BCUT2D eigenvalue weighted by atomic mass is 28.4. The van der Waals surface area contributed by atoms with Gasteiger partial charge in [-0.25, -0.2) is 4.79 Å². The minimum Gasteiger partial charge on any atom is -0.466 e. The van der Waals surface area contributed by atoms with Crippen LogP contribution in [-0.2, 0) is 33.0 Å². The molecule has 1 fully saturated rings. The standard InChI is InChI=1S/C30H54O7Si/c1-12-14-15-16-17-19-25(31)36-27-23(21-26(32)33-8)20-24(18-13-2)37-30(27,34-9)29(6,7)22-35-38(10,11)28(3,4)5/h13,21,24,27H,2,12,14-20,22H2,1,3-11H3/b23-21+/t24-,27+,30-/m1/s1. The minimum atomic E-state index is -2.11. The van der Waals surface area contributed by atoms with Gasteiger partial charge in [0.25, 0.3) is 0 Å². The maximum atomic E-state index is 13.1. The first-order chi connectivity index (χ1) is 17.6. The molecule has 0 aromatic carbocycles. The number of hydrogen-bond donors (Lipinski definition) is 0. The van der Waals surface area contributed by atoms with Crippen LogP contribution in [-0.4, -0.2) is 59.1 Å². The quantitative estimate of drug-likeness (QED) is 0.0701. The van der Waals surface area contributed by atoms with Gasteiger partial charge in [0.05, 0.1) is 13.2 Å². The van der Waals surface area contributed by atoms with Crippen LogP contribution in [0.15, 0.2) is 24.3 Å². The van der Waals surface area contributed by atoms with Crippen molar-refractivity contribution in [1.29, 1.82) is 0 Å². The Morgan fingerprint density at radius 1 is 1.11 bits per heavy atom. The summed E-state index contributed by atoms with van der Waals surface area (Å²) in [5, 5.41) is 0.0156. The second-order valence-electron chi connectivity index (χ2n) is 12.5. The summed E-state index contributed by atoms with van der Waals surface area (Å²) in [4.78, 5) is 25.5. The molecule has 8 heteroatoms. The van der Waals surface area contributed by atoms with Crippen molar-refractivity contribution in [3.8, 4) is 0 Å². The van der Waals surface area contributed by atoms with Crippen LogP contribution in [0.3, 0.4) is 0 Å². The molecule has 0 bridgehead atoms. The molecule has 1 heterocycles. The van der Waals surface area contributed by atoms with Gasteiger partial charge in [0.1, 0.15) is 0 Å². The molecule has 1 rings (SSSR count). The van der Waals surface area contributed by atoms with Crippen molar-refractivity contribution in [2.45, 2.75) is 129 Å². The third-order valence-electron chi connectivity index (χ3n) is 8.00. The van der Waals surface area contributed by atoms with Crippen molar-refractivity contribution in [2.24, 2.45) is 5.41 Å². The Kier molecular flexibility index (Phi) is 13.4. The molecular weight excluding hydrogens is 500 g/mol. The van der Waals surface area contributed by atoms with E-state index in [0.29, 0.717) is 31.4 Å². The van der Waals surface area contributed by atoms with E-state index in [4.69, 9.17) is 23.4 Å². The van der Waals surface area contributed by atoms with E-state index >= 15 is 0 Å². The van der Waals surface area contributed by atoms with E-state index in [1.54, 1.807) is 13.2 Å². The van der Waals surface area contributed by atoms with Gasteiger partial charge >= 0.3 is 11.9 Å². The van der Waals surface area contributed by atoms with Crippen molar-refractivity contribution in [2.75, 3.05) is 20.8 Å². The summed E-state index contributed by atoms with van der Waals surface area (Å²) in [6, 6.07) is 0. The Balaban J connectivity index is 3.47. The molecule has 0 radical (unpaired) electrons. The summed E-state index contributed by atoms with van der Waals surface area (Å²) in [6.45, 7) is 21.3. The maximum Gasteiger partial charge on any atom is 0.330 e. The van der Waals surface area contributed by atoms with E-state index in [1.165, 1.54) is 13.2 Å². The maximum absolute atomic E-state index is 13.1. The zero-order valence-corrected chi connectivity index (χ0v) is 26.7. The molecule has 0 spiro atoms. The minimum absolute atomic E-state index is 0.0156. The van der Waals surface area contributed by atoms with Gasteiger partial charge in [-0.3, -0.25) is 4.79 Å². The molecule has 7 nitrogen and oxygen atoms in total. The highest BCUT2D eigenvalue weighted by molar-refractivity contribution is 6.74. The fraction of sp³-hybridized carbons (Fsp3) is 0.800. The third kappa shape index (κ3) is 9.03. The molecule has 0 aromatic rings. The first-order valence-corrected chi connectivity index (χ1v) is 17.0. The van der Waals surface area contributed by atoms with E-state index in [1.807, 2.05) is 13.8 Å². The van der Waals surface area contributed by atoms with Gasteiger partial charge in [0.15, 0.2) is 14.4 Å². The van der Waals surface area contributed by atoms with Gasteiger partial charge in [0, 0.05) is 31.6 Å². The Hall–Kier alpha value is -1.48. The van der Waals surface area contributed by atoms with Crippen LogP contribution >= 0.6 is 0 Å². The molecule has 0 aliphatic carbocycles. The molecule has 220 valence electrons. The lowest BCUT2D eigenvalue weighted by atomic mass is 9.75. The van der Waals surface area contributed by atoms with Crippen LogP contribution in [0, 0.1) is 5.41 Å². The molecule has 0 aromatic heterocycles. The third-order valence-corrected chi connectivity index (χ3v) is 12.5. The number of ether oxygens (including phenoxy) is 4. The number of rotatable bonds is 15. The molecule has 1 saturated heterocycles. The lowest BCUT2D eigenvalue weighted by Crippen LogP contribution is -2.65. The number of carbonyl (C=O) groups is 2. The smallest absolute Gasteiger partial charge is 0.330 e.